The fraction of sp³-hybridized carbons (Fsp3) is 0.368. The molecule has 26 heavy (non-hydrogen) atoms. The van der Waals surface area contributed by atoms with Crippen molar-refractivity contribution in [3.8, 4) is 5.88 Å². The molecule has 6 nitrogen and oxygen atoms in total. The van der Waals surface area contributed by atoms with Gasteiger partial charge in [0.05, 0.1) is 17.3 Å². The minimum absolute atomic E-state index is 0.0569. The van der Waals surface area contributed by atoms with Crippen molar-refractivity contribution in [1.82, 2.24) is 15.2 Å². The van der Waals surface area contributed by atoms with E-state index in [0.717, 1.165) is 29.4 Å². The van der Waals surface area contributed by atoms with E-state index in [-0.39, 0.29) is 6.03 Å². The maximum absolute atomic E-state index is 12.4. The highest BCUT2D eigenvalue weighted by Gasteiger charge is 2.22. The zero-order valence-electron chi connectivity index (χ0n) is 14.8. The number of nitrogens with zero attached hydrogens (tertiary/aromatic N) is 3. The number of urea groups is 1. The summed E-state index contributed by atoms with van der Waals surface area (Å²) >= 11 is 6.26. The molecule has 0 saturated carbocycles. The third kappa shape index (κ3) is 4.58. The first kappa shape index (κ1) is 18.3. The number of piperazine rings is 1. The second-order valence-corrected chi connectivity index (χ2v) is 6.43. The summed E-state index contributed by atoms with van der Waals surface area (Å²) in [5.41, 5.74) is 1.99. The lowest BCUT2D eigenvalue weighted by molar-refractivity contribution is 0.194. The maximum Gasteiger partial charge on any atom is 0.317 e. The SMILES string of the molecule is CCOc1cc(CNC(=O)N2CCN(c3ccccc3Cl)CC2)ccn1. The molecule has 0 atom stereocenters. The summed E-state index contributed by atoms with van der Waals surface area (Å²) in [6, 6.07) is 11.5. The van der Waals surface area contributed by atoms with Crippen molar-refractivity contribution in [1.29, 1.82) is 0 Å². The number of benzene rings is 1. The van der Waals surface area contributed by atoms with E-state index in [9.17, 15) is 4.79 Å². The van der Waals surface area contributed by atoms with Crippen LogP contribution in [-0.2, 0) is 6.54 Å². The number of halogens is 1. The number of hydrogen-bond donors (Lipinski definition) is 1. The Kier molecular flexibility index (Phi) is 6.17. The molecule has 0 aliphatic carbocycles. The Balaban J connectivity index is 1.49. The molecule has 1 saturated heterocycles. The van der Waals surface area contributed by atoms with Gasteiger partial charge in [0.1, 0.15) is 0 Å². The minimum Gasteiger partial charge on any atom is -0.478 e. The van der Waals surface area contributed by atoms with E-state index in [1.807, 2.05) is 48.2 Å². The Labute approximate surface area is 158 Å². The van der Waals surface area contributed by atoms with Crippen LogP contribution in [0.2, 0.25) is 5.02 Å². The molecule has 3 rings (SSSR count). The van der Waals surface area contributed by atoms with Crippen LogP contribution in [0.15, 0.2) is 42.6 Å². The fourth-order valence-corrected chi connectivity index (χ4v) is 3.19. The molecule has 2 amide bonds. The van der Waals surface area contributed by atoms with Crippen molar-refractivity contribution in [2.75, 3.05) is 37.7 Å². The number of pyridine rings is 1. The quantitative estimate of drug-likeness (QED) is 0.873. The molecule has 7 heteroatoms. The van der Waals surface area contributed by atoms with Crippen molar-refractivity contribution in [3.63, 3.8) is 0 Å². The number of para-hydroxylation sites is 1. The van der Waals surface area contributed by atoms with Gasteiger partial charge in [-0.05, 0) is 30.7 Å². The number of carbonyl (C=O) groups is 1. The van der Waals surface area contributed by atoms with E-state index in [0.29, 0.717) is 32.1 Å². The number of aromatic nitrogens is 1. The first-order valence-corrected chi connectivity index (χ1v) is 9.15. The van der Waals surface area contributed by atoms with Gasteiger partial charge in [0.15, 0.2) is 0 Å². The molecule has 1 aliphatic heterocycles. The third-order valence-corrected chi connectivity index (χ3v) is 4.61. The summed E-state index contributed by atoms with van der Waals surface area (Å²) < 4.78 is 5.38. The van der Waals surface area contributed by atoms with Crippen molar-refractivity contribution >= 4 is 23.3 Å². The summed E-state index contributed by atoms with van der Waals surface area (Å²) in [4.78, 5) is 20.6. The third-order valence-electron chi connectivity index (χ3n) is 4.30. The van der Waals surface area contributed by atoms with Gasteiger partial charge in [0.2, 0.25) is 5.88 Å². The molecular weight excluding hydrogens is 352 g/mol. The van der Waals surface area contributed by atoms with Crippen LogP contribution in [0.4, 0.5) is 10.5 Å². The number of ether oxygens (including phenoxy) is 1. The lowest BCUT2D eigenvalue weighted by atomic mass is 10.2. The van der Waals surface area contributed by atoms with Gasteiger partial charge in [-0.25, -0.2) is 9.78 Å². The molecule has 1 aromatic carbocycles. The highest BCUT2D eigenvalue weighted by molar-refractivity contribution is 6.33. The normalized spacial score (nSPS) is 14.2. The summed E-state index contributed by atoms with van der Waals surface area (Å²) in [6.07, 6.45) is 1.69. The van der Waals surface area contributed by atoms with Gasteiger partial charge in [-0.1, -0.05) is 23.7 Å². The van der Waals surface area contributed by atoms with E-state index in [2.05, 4.69) is 15.2 Å². The highest BCUT2D eigenvalue weighted by atomic mass is 35.5. The number of anilines is 1. The van der Waals surface area contributed by atoms with Crippen molar-refractivity contribution in [3.05, 3.63) is 53.2 Å². The standard InChI is InChI=1S/C19H23ClN4O2/c1-2-26-18-13-15(7-8-21-18)14-22-19(25)24-11-9-23(10-12-24)17-6-4-3-5-16(17)20/h3-8,13H,2,9-12,14H2,1H3,(H,22,25). The van der Waals surface area contributed by atoms with Crippen LogP contribution in [-0.4, -0.2) is 48.7 Å². The van der Waals surface area contributed by atoms with Gasteiger partial charge < -0.3 is 19.9 Å². The van der Waals surface area contributed by atoms with Gasteiger partial charge >= 0.3 is 6.03 Å². The first-order valence-electron chi connectivity index (χ1n) is 8.77. The van der Waals surface area contributed by atoms with Gasteiger partial charge in [0, 0.05) is 45.0 Å². The smallest absolute Gasteiger partial charge is 0.317 e. The average Bonchev–Trinajstić information content (AvgIpc) is 2.67. The van der Waals surface area contributed by atoms with Gasteiger partial charge in [-0.3, -0.25) is 0 Å². The predicted molar refractivity (Wildman–Crippen MR) is 103 cm³/mol. The highest BCUT2D eigenvalue weighted by Crippen LogP contribution is 2.26. The van der Waals surface area contributed by atoms with Crippen LogP contribution < -0.4 is 15.0 Å². The number of hydrogen-bond acceptors (Lipinski definition) is 4. The Morgan fingerprint density at radius 3 is 2.73 bits per heavy atom. The summed E-state index contributed by atoms with van der Waals surface area (Å²) in [6.45, 7) is 5.79. The van der Waals surface area contributed by atoms with Gasteiger partial charge in [0.25, 0.3) is 0 Å². The van der Waals surface area contributed by atoms with Gasteiger partial charge in [-0.2, -0.15) is 0 Å². The molecule has 138 valence electrons. The zero-order chi connectivity index (χ0) is 18.4. The van der Waals surface area contributed by atoms with Crippen LogP contribution in [0, 0.1) is 0 Å². The minimum atomic E-state index is -0.0569. The van der Waals surface area contributed by atoms with Crippen molar-refractivity contribution < 1.29 is 9.53 Å². The largest absolute Gasteiger partial charge is 0.478 e. The summed E-state index contributed by atoms with van der Waals surface area (Å²) in [7, 11) is 0. The van der Waals surface area contributed by atoms with Crippen LogP contribution in [0.3, 0.4) is 0 Å². The summed E-state index contributed by atoms with van der Waals surface area (Å²) in [5, 5.41) is 3.71. The molecule has 0 spiro atoms. The first-order chi connectivity index (χ1) is 12.7. The number of carbonyl (C=O) groups excluding carboxylic acids is 1. The van der Waals surface area contributed by atoms with E-state index in [4.69, 9.17) is 16.3 Å². The maximum atomic E-state index is 12.4. The van der Waals surface area contributed by atoms with E-state index < -0.39 is 0 Å². The van der Waals surface area contributed by atoms with Gasteiger partial charge in [-0.15, -0.1) is 0 Å². The molecular formula is C19H23ClN4O2. The average molecular weight is 375 g/mol. The molecule has 2 heterocycles. The molecule has 1 fully saturated rings. The Morgan fingerprint density at radius 1 is 1.23 bits per heavy atom. The lowest BCUT2D eigenvalue weighted by Crippen LogP contribution is -2.51. The second kappa shape index (κ2) is 8.76. The van der Waals surface area contributed by atoms with Crippen LogP contribution in [0.5, 0.6) is 5.88 Å². The molecule has 0 unspecified atom stereocenters. The van der Waals surface area contributed by atoms with Crippen LogP contribution in [0.1, 0.15) is 12.5 Å². The number of rotatable bonds is 5. The fourth-order valence-electron chi connectivity index (χ4n) is 2.94. The molecule has 1 aliphatic rings. The van der Waals surface area contributed by atoms with E-state index in [1.54, 1.807) is 6.20 Å². The molecule has 0 bridgehead atoms. The van der Waals surface area contributed by atoms with Crippen LogP contribution in [0.25, 0.3) is 0 Å². The van der Waals surface area contributed by atoms with E-state index >= 15 is 0 Å². The Hall–Kier alpha value is -2.47. The molecule has 1 N–H and O–H groups in total. The second-order valence-electron chi connectivity index (χ2n) is 6.02. The Morgan fingerprint density at radius 2 is 2.00 bits per heavy atom. The molecule has 2 aromatic rings. The zero-order valence-corrected chi connectivity index (χ0v) is 15.6. The molecule has 1 aromatic heterocycles. The van der Waals surface area contributed by atoms with E-state index in [1.165, 1.54) is 0 Å². The topological polar surface area (TPSA) is 57.7 Å². The van der Waals surface area contributed by atoms with Crippen molar-refractivity contribution in [2.24, 2.45) is 0 Å². The predicted octanol–water partition coefficient (Wildman–Crippen LogP) is 3.17. The Bertz CT molecular complexity index is 748. The van der Waals surface area contributed by atoms with Crippen LogP contribution >= 0.6 is 11.6 Å². The van der Waals surface area contributed by atoms with Crippen molar-refractivity contribution in [2.45, 2.75) is 13.5 Å². The molecule has 0 radical (unpaired) electrons. The summed E-state index contributed by atoms with van der Waals surface area (Å²) in [5.74, 6) is 0.576. The number of nitrogens with one attached hydrogen (secondary N) is 1. The number of amides is 2. The lowest BCUT2D eigenvalue weighted by Gasteiger charge is -2.36. The monoisotopic (exact) mass is 374 g/mol.